The molecule has 27 heavy (non-hydrogen) atoms. The van der Waals surface area contributed by atoms with Gasteiger partial charge in [0, 0.05) is 38.6 Å². The maximum atomic E-state index is 13.2. The van der Waals surface area contributed by atoms with Crippen molar-refractivity contribution in [1.82, 2.24) is 5.32 Å². The first kappa shape index (κ1) is 15.6. The molecule has 5 rings (SSSR count). The molecule has 0 unspecified atom stereocenters. The SMILES string of the molecule is [NH3+]c1ccccc1C1C(=O)c2ccc3c4c(ccc(c24)C1=O)C(=O)NC3=O. The number of benzene rings is 3. The van der Waals surface area contributed by atoms with E-state index in [2.05, 4.69) is 11.1 Å². The Hall–Kier alpha value is -3.64. The minimum absolute atomic E-state index is 0.293. The van der Waals surface area contributed by atoms with Gasteiger partial charge in [-0.1, -0.05) is 18.2 Å². The number of rotatable bonds is 1. The van der Waals surface area contributed by atoms with Crippen molar-refractivity contribution < 1.29 is 24.9 Å². The number of carbonyl (C=O) groups is 4. The minimum Gasteiger partial charge on any atom is -0.325 e. The third kappa shape index (κ3) is 1.93. The van der Waals surface area contributed by atoms with Gasteiger partial charge in [0.05, 0.1) is 0 Å². The molecular weight excluding hydrogens is 344 g/mol. The molecule has 3 aromatic carbocycles. The Bertz CT molecular complexity index is 1170. The molecule has 6 nitrogen and oxygen atoms in total. The Morgan fingerprint density at radius 2 is 1.15 bits per heavy atom. The number of amides is 2. The summed E-state index contributed by atoms with van der Waals surface area (Å²) in [7, 11) is 0. The van der Waals surface area contributed by atoms with Gasteiger partial charge in [0.1, 0.15) is 11.6 Å². The second kappa shape index (κ2) is 5.18. The van der Waals surface area contributed by atoms with Crippen molar-refractivity contribution in [1.29, 1.82) is 0 Å². The predicted molar refractivity (Wildman–Crippen MR) is 96.1 cm³/mol. The van der Waals surface area contributed by atoms with E-state index in [0.717, 1.165) is 0 Å². The molecule has 3 aromatic rings. The van der Waals surface area contributed by atoms with Gasteiger partial charge in [0.25, 0.3) is 11.8 Å². The average Bonchev–Trinajstić information content (AvgIpc) is 2.66. The fraction of sp³-hybridized carbons (Fsp3) is 0.0476. The molecule has 0 fully saturated rings. The largest absolute Gasteiger partial charge is 0.325 e. The van der Waals surface area contributed by atoms with Crippen molar-refractivity contribution in [3.8, 4) is 0 Å². The van der Waals surface area contributed by atoms with Crippen molar-refractivity contribution in [3.05, 3.63) is 76.3 Å². The second-order valence-corrected chi connectivity index (χ2v) is 6.71. The quantitative estimate of drug-likeness (QED) is 0.511. The number of ketones is 2. The van der Waals surface area contributed by atoms with Crippen LogP contribution in [0.2, 0.25) is 0 Å². The van der Waals surface area contributed by atoms with Gasteiger partial charge in [-0.2, -0.15) is 0 Å². The summed E-state index contributed by atoms with van der Waals surface area (Å²) >= 11 is 0. The van der Waals surface area contributed by atoms with Crippen molar-refractivity contribution in [2.24, 2.45) is 0 Å². The number of hydrogen-bond acceptors (Lipinski definition) is 4. The van der Waals surface area contributed by atoms with Crippen LogP contribution in [-0.2, 0) is 0 Å². The summed E-state index contributed by atoms with van der Waals surface area (Å²) in [5.74, 6) is -2.71. The number of quaternary nitrogens is 1. The van der Waals surface area contributed by atoms with Crippen LogP contribution in [-0.4, -0.2) is 23.4 Å². The summed E-state index contributed by atoms with van der Waals surface area (Å²) in [4.78, 5) is 50.8. The fourth-order valence-corrected chi connectivity index (χ4v) is 4.05. The van der Waals surface area contributed by atoms with Crippen LogP contribution in [0.4, 0.5) is 5.69 Å². The van der Waals surface area contributed by atoms with E-state index in [4.69, 9.17) is 0 Å². The lowest BCUT2D eigenvalue weighted by Crippen LogP contribution is -2.43. The lowest BCUT2D eigenvalue weighted by atomic mass is 9.74. The summed E-state index contributed by atoms with van der Waals surface area (Å²) in [6, 6.07) is 13.3. The summed E-state index contributed by atoms with van der Waals surface area (Å²) in [5.41, 5.74) is 6.41. The molecule has 4 N–H and O–H groups in total. The van der Waals surface area contributed by atoms with Crippen LogP contribution in [0, 0.1) is 0 Å². The summed E-state index contributed by atoms with van der Waals surface area (Å²) in [6.07, 6.45) is 0. The Balaban J connectivity index is 1.85. The highest BCUT2D eigenvalue weighted by atomic mass is 16.2. The molecule has 2 amide bonds. The molecule has 0 spiro atoms. The minimum atomic E-state index is -0.974. The lowest BCUT2D eigenvalue weighted by molar-refractivity contribution is -0.255. The van der Waals surface area contributed by atoms with Crippen LogP contribution >= 0.6 is 0 Å². The highest BCUT2D eigenvalue weighted by Crippen LogP contribution is 2.41. The van der Waals surface area contributed by atoms with Crippen LogP contribution in [0.3, 0.4) is 0 Å². The molecule has 0 aromatic heterocycles. The first-order valence-electron chi connectivity index (χ1n) is 8.43. The van der Waals surface area contributed by atoms with Gasteiger partial charge in [-0.3, -0.25) is 24.5 Å². The Kier molecular flexibility index (Phi) is 3.00. The average molecular weight is 357 g/mol. The normalized spacial score (nSPS) is 16.0. The number of imide groups is 1. The van der Waals surface area contributed by atoms with Gasteiger partial charge in [-0.25, -0.2) is 0 Å². The smallest absolute Gasteiger partial charge is 0.258 e. The molecule has 0 atom stereocenters. The molecule has 1 aliphatic heterocycles. The predicted octanol–water partition coefficient (Wildman–Crippen LogP) is 1.76. The number of hydrogen-bond donors (Lipinski definition) is 2. The molecule has 6 heteroatoms. The molecule has 1 aliphatic carbocycles. The van der Waals surface area contributed by atoms with E-state index in [9.17, 15) is 19.2 Å². The van der Waals surface area contributed by atoms with Crippen LogP contribution in [0.1, 0.15) is 52.9 Å². The Labute approximate surface area is 153 Å². The maximum absolute atomic E-state index is 13.2. The molecule has 0 bridgehead atoms. The molecular formula is C21H13N2O4+. The highest BCUT2D eigenvalue weighted by Gasteiger charge is 2.40. The summed E-state index contributed by atoms with van der Waals surface area (Å²) in [6.45, 7) is 0. The first-order valence-corrected chi connectivity index (χ1v) is 8.43. The molecule has 1 heterocycles. The number of carbonyl (C=O) groups excluding carboxylic acids is 4. The molecule has 2 aliphatic rings. The van der Waals surface area contributed by atoms with Crippen LogP contribution < -0.4 is 11.1 Å². The van der Waals surface area contributed by atoms with Gasteiger partial charge in [0.2, 0.25) is 0 Å². The van der Waals surface area contributed by atoms with E-state index >= 15 is 0 Å². The fourth-order valence-electron chi connectivity index (χ4n) is 4.05. The second-order valence-electron chi connectivity index (χ2n) is 6.71. The van der Waals surface area contributed by atoms with E-state index in [1.807, 2.05) is 0 Å². The van der Waals surface area contributed by atoms with E-state index in [1.165, 1.54) is 12.1 Å². The van der Waals surface area contributed by atoms with Crippen molar-refractivity contribution in [3.63, 3.8) is 0 Å². The third-order valence-electron chi connectivity index (χ3n) is 5.30. The maximum Gasteiger partial charge on any atom is 0.258 e. The Morgan fingerprint density at radius 1 is 0.667 bits per heavy atom. The van der Waals surface area contributed by atoms with Crippen molar-refractivity contribution in [2.45, 2.75) is 5.92 Å². The standard InChI is InChI=1S/C21H12N2O4/c22-14-4-2-1-3-9(14)17-18(24)10-5-7-12-16-13(21(27)23-20(12)26)8-6-11(15(10)16)19(17)25/h1-8,17H,22H2,(H,23,26,27)/p+1. The molecule has 0 saturated heterocycles. The molecule has 0 radical (unpaired) electrons. The van der Waals surface area contributed by atoms with Crippen LogP contribution in [0.5, 0.6) is 0 Å². The Morgan fingerprint density at radius 3 is 1.70 bits per heavy atom. The van der Waals surface area contributed by atoms with Gasteiger partial charge in [-0.15, -0.1) is 0 Å². The van der Waals surface area contributed by atoms with Crippen molar-refractivity contribution >= 4 is 39.8 Å². The van der Waals surface area contributed by atoms with Crippen LogP contribution in [0.15, 0.2) is 48.5 Å². The monoisotopic (exact) mass is 357 g/mol. The highest BCUT2D eigenvalue weighted by molar-refractivity contribution is 6.36. The van der Waals surface area contributed by atoms with E-state index in [-0.39, 0.29) is 11.6 Å². The van der Waals surface area contributed by atoms with Gasteiger partial charge in [0.15, 0.2) is 11.6 Å². The molecule has 0 saturated carbocycles. The topological polar surface area (TPSA) is 108 Å². The van der Waals surface area contributed by atoms with E-state index in [1.54, 1.807) is 36.4 Å². The molecule has 130 valence electrons. The van der Waals surface area contributed by atoms with E-state index in [0.29, 0.717) is 44.3 Å². The zero-order chi connectivity index (χ0) is 18.9. The third-order valence-corrected chi connectivity index (χ3v) is 5.30. The zero-order valence-corrected chi connectivity index (χ0v) is 14.0. The zero-order valence-electron chi connectivity index (χ0n) is 14.0. The van der Waals surface area contributed by atoms with Gasteiger partial charge < -0.3 is 5.73 Å². The summed E-state index contributed by atoms with van der Waals surface area (Å²) in [5, 5.41) is 3.05. The van der Waals surface area contributed by atoms with Crippen LogP contribution in [0.25, 0.3) is 10.8 Å². The first-order chi connectivity index (χ1) is 13.0. The van der Waals surface area contributed by atoms with Gasteiger partial charge >= 0.3 is 0 Å². The summed E-state index contributed by atoms with van der Waals surface area (Å²) < 4.78 is 0. The lowest BCUT2D eigenvalue weighted by Gasteiger charge is -2.26. The number of nitrogens with one attached hydrogen (secondary N) is 1. The van der Waals surface area contributed by atoms with E-state index < -0.39 is 17.7 Å². The number of Topliss-reactive ketones (excluding diaryl/α,β-unsaturated/α-hetero) is 2. The van der Waals surface area contributed by atoms with Crippen molar-refractivity contribution in [2.75, 3.05) is 0 Å². The van der Waals surface area contributed by atoms with Gasteiger partial charge in [-0.05, 0) is 30.3 Å².